The first kappa shape index (κ1) is 16.1. The fourth-order valence-corrected chi connectivity index (χ4v) is 2.84. The summed E-state index contributed by atoms with van der Waals surface area (Å²) in [4.78, 5) is 21.8. The second kappa shape index (κ2) is 6.02. The third-order valence-corrected chi connectivity index (χ3v) is 4.12. The van der Waals surface area contributed by atoms with Gasteiger partial charge in [-0.15, -0.1) is 0 Å². The van der Waals surface area contributed by atoms with Crippen molar-refractivity contribution < 1.29 is 23.1 Å². The van der Waals surface area contributed by atoms with Crippen molar-refractivity contribution >= 4 is 21.9 Å². The van der Waals surface area contributed by atoms with Gasteiger partial charge < -0.3 is 10.8 Å². The third-order valence-electron chi connectivity index (χ3n) is 2.66. The second-order valence-electron chi connectivity index (χ2n) is 4.57. The molecular formula is C12H16N2O5S. The van der Waals surface area contributed by atoms with Gasteiger partial charge in [0.05, 0.1) is 4.90 Å². The molecule has 0 heterocycles. The average Bonchev–Trinajstić information content (AvgIpc) is 2.35. The van der Waals surface area contributed by atoms with E-state index in [2.05, 4.69) is 4.72 Å². The van der Waals surface area contributed by atoms with Gasteiger partial charge in [0.25, 0.3) is 0 Å². The van der Waals surface area contributed by atoms with Crippen LogP contribution in [0.15, 0.2) is 29.2 Å². The minimum atomic E-state index is -3.97. The van der Waals surface area contributed by atoms with Gasteiger partial charge in [-0.3, -0.25) is 9.59 Å². The lowest BCUT2D eigenvalue weighted by molar-refractivity contribution is -0.140. The van der Waals surface area contributed by atoms with Crippen molar-refractivity contribution in [2.45, 2.75) is 24.8 Å². The number of carboxylic acids is 1. The molecule has 1 amide bonds. The highest BCUT2D eigenvalue weighted by Crippen LogP contribution is 2.13. The Morgan fingerprint density at radius 2 is 1.70 bits per heavy atom. The Bertz CT molecular complexity index is 607. The third kappa shape index (κ3) is 3.78. The molecule has 1 atom stereocenters. The Balaban J connectivity index is 3.04. The number of nitrogens with one attached hydrogen (secondary N) is 1. The Morgan fingerprint density at radius 3 is 2.05 bits per heavy atom. The van der Waals surface area contributed by atoms with Crippen LogP contribution in [-0.2, 0) is 14.8 Å². The van der Waals surface area contributed by atoms with E-state index in [1.165, 1.54) is 24.3 Å². The molecular weight excluding hydrogens is 284 g/mol. The fraction of sp³-hybridized carbons (Fsp3) is 0.333. The quantitative estimate of drug-likeness (QED) is 0.690. The van der Waals surface area contributed by atoms with Crippen molar-refractivity contribution in [3.8, 4) is 0 Å². The highest BCUT2D eigenvalue weighted by molar-refractivity contribution is 7.89. The number of sulfonamides is 1. The minimum Gasteiger partial charge on any atom is -0.480 e. The summed E-state index contributed by atoms with van der Waals surface area (Å²) in [7, 11) is -3.97. The Hall–Kier alpha value is -1.93. The van der Waals surface area contributed by atoms with E-state index < -0.39 is 33.9 Å². The Morgan fingerprint density at radius 1 is 1.20 bits per heavy atom. The van der Waals surface area contributed by atoms with Crippen LogP contribution in [0.2, 0.25) is 0 Å². The molecule has 8 heteroatoms. The van der Waals surface area contributed by atoms with Gasteiger partial charge in [0.1, 0.15) is 6.04 Å². The number of aliphatic carboxylic acids is 1. The van der Waals surface area contributed by atoms with Gasteiger partial charge >= 0.3 is 5.97 Å². The fourth-order valence-electron chi connectivity index (χ4n) is 1.51. The van der Waals surface area contributed by atoms with Crippen molar-refractivity contribution in [2.24, 2.45) is 11.7 Å². The smallest absolute Gasteiger partial charge is 0.322 e. The number of benzene rings is 1. The van der Waals surface area contributed by atoms with E-state index >= 15 is 0 Å². The van der Waals surface area contributed by atoms with Gasteiger partial charge in [-0.05, 0) is 30.2 Å². The van der Waals surface area contributed by atoms with E-state index in [1.807, 2.05) is 0 Å². The zero-order valence-corrected chi connectivity index (χ0v) is 11.8. The summed E-state index contributed by atoms with van der Waals surface area (Å²) >= 11 is 0. The molecule has 4 N–H and O–H groups in total. The summed E-state index contributed by atoms with van der Waals surface area (Å²) in [6.45, 7) is 3.19. The maximum absolute atomic E-state index is 12.0. The number of hydrogen-bond donors (Lipinski definition) is 3. The average molecular weight is 300 g/mol. The van der Waals surface area contributed by atoms with E-state index in [9.17, 15) is 18.0 Å². The predicted octanol–water partition coefficient (Wildman–Crippen LogP) is 0.173. The van der Waals surface area contributed by atoms with Crippen LogP contribution in [0.1, 0.15) is 24.2 Å². The van der Waals surface area contributed by atoms with Crippen LogP contribution in [0.4, 0.5) is 0 Å². The molecule has 1 rings (SSSR count). The molecule has 1 aromatic rings. The molecule has 20 heavy (non-hydrogen) atoms. The summed E-state index contributed by atoms with van der Waals surface area (Å²) in [6, 6.07) is 3.70. The van der Waals surface area contributed by atoms with Gasteiger partial charge in [0.15, 0.2) is 0 Å². The summed E-state index contributed by atoms with van der Waals surface area (Å²) in [5.41, 5.74) is 5.22. The van der Waals surface area contributed by atoms with E-state index in [0.29, 0.717) is 0 Å². The first-order valence-corrected chi connectivity index (χ1v) is 7.28. The number of rotatable bonds is 6. The standard InChI is InChI=1S/C12H16N2O5S/c1-7(2)10(12(16)17)14-20(18,19)9-5-3-8(4-6-9)11(13)15/h3-7,10,14H,1-2H3,(H2,13,15)(H,16,17)/t10-/m1/s1. The number of carbonyl (C=O) groups excluding carboxylic acids is 1. The van der Waals surface area contributed by atoms with Crippen molar-refractivity contribution in [3.63, 3.8) is 0 Å². The first-order chi connectivity index (χ1) is 9.15. The van der Waals surface area contributed by atoms with Gasteiger partial charge in [-0.2, -0.15) is 4.72 Å². The molecule has 0 aliphatic heterocycles. The van der Waals surface area contributed by atoms with Crippen LogP contribution in [0, 0.1) is 5.92 Å². The number of carbonyl (C=O) groups is 2. The maximum Gasteiger partial charge on any atom is 0.322 e. The Labute approximate surface area is 116 Å². The topological polar surface area (TPSA) is 127 Å². The molecule has 0 aromatic heterocycles. The molecule has 0 saturated carbocycles. The molecule has 0 aliphatic carbocycles. The van der Waals surface area contributed by atoms with Crippen LogP contribution < -0.4 is 10.5 Å². The number of carboxylic acid groups (broad SMARTS) is 1. The summed E-state index contributed by atoms with van der Waals surface area (Å²) < 4.78 is 26.2. The molecule has 0 bridgehead atoms. The monoisotopic (exact) mass is 300 g/mol. The number of hydrogen-bond acceptors (Lipinski definition) is 4. The lowest BCUT2D eigenvalue weighted by Gasteiger charge is -2.18. The molecule has 0 saturated heterocycles. The van der Waals surface area contributed by atoms with E-state index in [1.54, 1.807) is 13.8 Å². The lowest BCUT2D eigenvalue weighted by atomic mass is 10.1. The second-order valence-corrected chi connectivity index (χ2v) is 6.28. The van der Waals surface area contributed by atoms with E-state index in [-0.39, 0.29) is 10.5 Å². The maximum atomic E-state index is 12.0. The SMILES string of the molecule is CC(C)[C@@H](NS(=O)(=O)c1ccc(C(N)=O)cc1)C(=O)O. The molecule has 0 radical (unpaired) electrons. The predicted molar refractivity (Wildman–Crippen MR) is 71.5 cm³/mol. The molecule has 0 spiro atoms. The largest absolute Gasteiger partial charge is 0.480 e. The summed E-state index contributed by atoms with van der Waals surface area (Å²) in [5, 5.41) is 8.98. The molecule has 0 aliphatic rings. The molecule has 0 unspecified atom stereocenters. The van der Waals surface area contributed by atoms with Crippen LogP contribution in [0.3, 0.4) is 0 Å². The Kier molecular flexibility index (Phi) is 4.85. The van der Waals surface area contributed by atoms with Crippen LogP contribution in [0.25, 0.3) is 0 Å². The first-order valence-electron chi connectivity index (χ1n) is 5.80. The molecule has 0 fully saturated rings. The minimum absolute atomic E-state index is 0.130. The van der Waals surface area contributed by atoms with Crippen LogP contribution >= 0.6 is 0 Å². The number of primary amides is 1. The van der Waals surface area contributed by atoms with Crippen molar-refractivity contribution in [1.82, 2.24) is 4.72 Å². The van der Waals surface area contributed by atoms with Crippen molar-refractivity contribution in [2.75, 3.05) is 0 Å². The highest BCUT2D eigenvalue weighted by Gasteiger charge is 2.27. The van der Waals surface area contributed by atoms with E-state index in [0.717, 1.165) is 0 Å². The lowest BCUT2D eigenvalue weighted by Crippen LogP contribution is -2.44. The van der Waals surface area contributed by atoms with Gasteiger partial charge in [-0.1, -0.05) is 13.8 Å². The summed E-state index contributed by atoms with van der Waals surface area (Å²) in [6.07, 6.45) is 0. The van der Waals surface area contributed by atoms with Crippen LogP contribution in [-0.4, -0.2) is 31.4 Å². The highest BCUT2D eigenvalue weighted by atomic mass is 32.2. The van der Waals surface area contributed by atoms with Crippen molar-refractivity contribution in [1.29, 1.82) is 0 Å². The summed E-state index contributed by atoms with van der Waals surface area (Å²) in [5.74, 6) is -2.34. The van der Waals surface area contributed by atoms with Gasteiger partial charge in [-0.25, -0.2) is 8.42 Å². The van der Waals surface area contributed by atoms with Gasteiger partial charge in [0.2, 0.25) is 15.9 Å². The zero-order chi connectivity index (χ0) is 15.5. The zero-order valence-electron chi connectivity index (χ0n) is 11.0. The molecule has 1 aromatic carbocycles. The number of nitrogens with two attached hydrogens (primary N) is 1. The number of amides is 1. The van der Waals surface area contributed by atoms with Crippen molar-refractivity contribution in [3.05, 3.63) is 29.8 Å². The van der Waals surface area contributed by atoms with Gasteiger partial charge in [0, 0.05) is 5.56 Å². The normalized spacial score (nSPS) is 13.2. The van der Waals surface area contributed by atoms with Crippen LogP contribution in [0.5, 0.6) is 0 Å². The molecule has 7 nitrogen and oxygen atoms in total. The van der Waals surface area contributed by atoms with E-state index in [4.69, 9.17) is 10.8 Å². The molecule has 110 valence electrons.